The second-order valence-corrected chi connectivity index (χ2v) is 6.87. The summed E-state index contributed by atoms with van der Waals surface area (Å²) in [6.45, 7) is 3.45. The first kappa shape index (κ1) is 18.4. The van der Waals surface area contributed by atoms with E-state index in [0.29, 0.717) is 12.1 Å². The molecule has 1 saturated carbocycles. The molecule has 0 atom stereocenters. The minimum Gasteiger partial charge on any atom is -0.355 e. The fourth-order valence-electron chi connectivity index (χ4n) is 2.99. The Kier molecular flexibility index (Phi) is 6.73. The van der Waals surface area contributed by atoms with Gasteiger partial charge < -0.3 is 15.5 Å². The highest BCUT2D eigenvalue weighted by Gasteiger charge is 2.27. The van der Waals surface area contributed by atoms with Crippen LogP contribution in [-0.2, 0) is 4.79 Å². The smallest absolute Gasteiger partial charge is 0.253 e. The Morgan fingerprint density at radius 2 is 1.92 bits per heavy atom. The van der Waals surface area contributed by atoms with Crippen LogP contribution >= 0.6 is 0 Å². The Hall–Kier alpha value is -1.95. The number of aryl methyl sites for hydroxylation is 1. The summed E-state index contributed by atoms with van der Waals surface area (Å²) in [6, 6.07) is 1.98. The highest BCUT2D eigenvalue weighted by molar-refractivity contribution is 5.94. The topological polar surface area (TPSA) is 74.3 Å². The predicted molar refractivity (Wildman–Crippen MR) is 93.7 cm³/mol. The van der Waals surface area contributed by atoms with Gasteiger partial charge in [-0.3, -0.25) is 14.6 Å². The summed E-state index contributed by atoms with van der Waals surface area (Å²) in [7, 11) is 3.98. The van der Waals surface area contributed by atoms with E-state index in [-0.39, 0.29) is 23.8 Å². The third-order valence-electron chi connectivity index (χ3n) is 4.43. The molecule has 0 spiro atoms. The zero-order valence-electron chi connectivity index (χ0n) is 14.8. The second-order valence-electron chi connectivity index (χ2n) is 6.87. The van der Waals surface area contributed by atoms with Gasteiger partial charge >= 0.3 is 0 Å². The van der Waals surface area contributed by atoms with Crippen LogP contribution in [0.25, 0.3) is 0 Å². The molecule has 0 aliphatic heterocycles. The molecule has 6 nitrogen and oxygen atoms in total. The van der Waals surface area contributed by atoms with Crippen molar-refractivity contribution in [2.24, 2.45) is 5.92 Å². The zero-order chi connectivity index (χ0) is 17.5. The van der Waals surface area contributed by atoms with Crippen LogP contribution in [0, 0.1) is 12.8 Å². The standard InChI is InChI=1S/C18H28N4O2/c1-13-10-15(12-19-11-13)18(24)21-16-6-4-14(5-7-16)17(23)20-8-9-22(2)3/h10-12,14,16H,4-9H2,1-3H3,(H,20,23)(H,21,24). The number of rotatable bonds is 6. The maximum absolute atomic E-state index is 12.3. The summed E-state index contributed by atoms with van der Waals surface area (Å²) in [5.41, 5.74) is 1.57. The van der Waals surface area contributed by atoms with E-state index in [4.69, 9.17) is 0 Å². The lowest BCUT2D eigenvalue weighted by Gasteiger charge is -2.28. The normalized spacial score (nSPS) is 20.7. The average Bonchev–Trinajstić information content (AvgIpc) is 2.55. The fraction of sp³-hybridized carbons (Fsp3) is 0.611. The van der Waals surface area contributed by atoms with Gasteiger partial charge in [0.15, 0.2) is 0 Å². The van der Waals surface area contributed by atoms with Gasteiger partial charge in [-0.05, 0) is 58.3 Å². The molecule has 24 heavy (non-hydrogen) atoms. The molecule has 0 radical (unpaired) electrons. The maximum Gasteiger partial charge on any atom is 0.253 e. The summed E-state index contributed by atoms with van der Waals surface area (Å²) in [4.78, 5) is 30.5. The largest absolute Gasteiger partial charge is 0.355 e. The van der Waals surface area contributed by atoms with Crippen molar-refractivity contribution in [2.75, 3.05) is 27.2 Å². The van der Waals surface area contributed by atoms with E-state index >= 15 is 0 Å². The molecule has 2 rings (SSSR count). The first-order chi connectivity index (χ1) is 11.5. The first-order valence-corrected chi connectivity index (χ1v) is 8.60. The van der Waals surface area contributed by atoms with Gasteiger partial charge in [-0.1, -0.05) is 0 Å². The van der Waals surface area contributed by atoms with E-state index in [1.807, 2.05) is 32.0 Å². The highest BCUT2D eigenvalue weighted by Crippen LogP contribution is 2.24. The van der Waals surface area contributed by atoms with Crippen molar-refractivity contribution in [3.8, 4) is 0 Å². The van der Waals surface area contributed by atoms with Gasteiger partial charge in [-0.15, -0.1) is 0 Å². The maximum atomic E-state index is 12.3. The Morgan fingerprint density at radius 3 is 2.54 bits per heavy atom. The summed E-state index contributed by atoms with van der Waals surface area (Å²) < 4.78 is 0. The third-order valence-corrected chi connectivity index (χ3v) is 4.43. The van der Waals surface area contributed by atoms with Crippen molar-refractivity contribution in [2.45, 2.75) is 38.6 Å². The summed E-state index contributed by atoms with van der Waals surface area (Å²) in [5.74, 6) is 0.135. The van der Waals surface area contributed by atoms with Crippen LogP contribution in [0.1, 0.15) is 41.6 Å². The quantitative estimate of drug-likeness (QED) is 0.825. The lowest BCUT2D eigenvalue weighted by Crippen LogP contribution is -2.42. The SMILES string of the molecule is Cc1cncc(C(=O)NC2CCC(C(=O)NCCN(C)C)CC2)c1. The first-order valence-electron chi connectivity index (χ1n) is 8.60. The van der Waals surface area contributed by atoms with E-state index in [2.05, 4.69) is 15.6 Å². The van der Waals surface area contributed by atoms with Crippen LogP contribution < -0.4 is 10.6 Å². The molecule has 1 aliphatic carbocycles. The summed E-state index contributed by atoms with van der Waals surface area (Å²) in [6.07, 6.45) is 6.66. The lowest BCUT2D eigenvalue weighted by atomic mass is 9.85. The lowest BCUT2D eigenvalue weighted by molar-refractivity contribution is -0.126. The number of carbonyl (C=O) groups excluding carboxylic acids is 2. The molecule has 0 bridgehead atoms. The van der Waals surface area contributed by atoms with Crippen LogP contribution in [0.5, 0.6) is 0 Å². The molecule has 0 unspecified atom stereocenters. The number of hydrogen-bond donors (Lipinski definition) is 2. The molecular formula is C18H28N4O2. The molecule has 2 amide bonds. The molecule has 1 aliphatic rings. The number of hydrogen-bond acceptors (Lipinski definition) is 4. The van der Waals surface area contributed by atoms with Crippen molar-refractivity contribution < 1.29 is 9.59 Å². The number of nitrogens with zero attached hydrogens (tertiary/aromatic N) is 2. The van der Waals surface area contributed by atoms with E-state index in [9.17, 15) is 9.59 Å². The molecule has 2 N–H and O–H groups in total. The van der Waals surface area contributed by atoms with Crippen molar-refractivity contribution in [3.05, 3.63) is 29.6 Å². The highest BCUT2D eigenvalue weighted by atomic mass is 16.2. The summed E-state index contributed by atoms with van der Waals surface area (Å²) >= 11 is 0. The molecule has 1 fully saturated rings. The van der Waals surface area contributed by atoms with Gasteiger partial charge in [0, 0.05) is 37.4 Å². The number of aromatic nitrogens is 1. The number of pyridine rings is 1. The molecule has 6 heteroatoms. The Morgan fingerprint density at radius 1 is 1.21 bits per heavy atom. The van der Waals surface area contributed by atoms with Gasteiger partial charge in [0.1, 0.15) is 0 Å². The van der Waals surface area contributed by atoms with Gasteiger partial charge in [0.05, 0.1) is 5.56 Å². The van der Waals surface area contributed by atoms with Crippen molar-refractivity contribution in [1.82, 2.24) is 20.5 Å². The number of likely N-dealkylation sites (N-methyl/N-ethyl adjacent to an activating group) is 1. The van der Waals surface area contributed by atoms with Crippen LogP contribution in [0.2, 0.25) is 0 Å². The van der Waals surface area contributed by atoms with Crippen LogP contribution in [0.15, 0.2) is 18.5 Å². The van der Waals surface area contributed by atoms with E-state index < -0.39 is 0 Å². The van der Waals surface area contributed by atoms with E-state index in [1.54, 1.807) is 12.4 Å². The van der Waals surface area contributed by atoms with Crippen LogP contribution in [0.4, 0.5) is 0 Å². The molecule has 1 aromatic heterocycles. The second kappa shape index (κ2) is 8.78. The minimum atomic E-state index is -0.0786. The minimum absolute atomic E-state index is 0.0703. The average molecular weight is 332 g/mol. The zero-order valence-corrected chi connectivity index (χ0v) is 14.8. The third kappa shape index (κ3) is 5.60. The number of carbonyl (C=O) groups is 2. The number of nitrogens with one attached hydrogen (secondary N) is 2. The predicted octanol–water partition coefficient (Wildman–Crippen LogP) is 1.36. The van der Waals surface area contributed by atoms with Gasteiger partial charge in [0.2, 0.25) is 5.91 Å². The van der Waals surface area contributed by atoms with Crippen molar-refractivity contribution >= 4 is 11.8 Å². The Bertz CT molecular complexity index is 566. The molecule has 1 heterocycles. The van der Waals surface area contributed by atoms with Gasteiger partial charge in [-0.25, -0.2) is 0 Å². The Labute approximate surface area is 144 Å². The van der Waals surface area contributed by atoms with E-state index in [0.717, 1.165) is 37.8 Å². The molecule has 1 aromatic rings. The molecule has 0 saturated heterocycles. The van der Waals surface area contributed by atoms with Crippen LogP contribution in [-0.4, -0.2) is 54.9 Å². The van der Waals surface area contributed by atoms with E-state index in [1.165, 1.54) is 0 Å². The van der Waals surface area contributed by atoms with Gasteiger partial charge in [0.25, 0.3) is 5.91 Å². The molecule has 132 valence electrons. The van der Waals surface area contributed by atoms with Crippen molar-refractivity contribution in [1.29, 1.82) is 0 Å². The number of amides is 2. The Balaban J connectivity index is 1.74. The monoisotopic (exact) mass is 332 g/mol. The molecular weight excluding hydrogens is 304 g/mol. The fourth-order valence-corrected chi connectivity index (χ4v) is 2.99. The van der Waals surface area contributed by atoms with Crippen molar-refractivity contribution in [3.63, 3.8) is 0 Å². The summed E-state index contributed by atoms with van der Waals surface area (Å²) in [5, 5.41) is 6.06. The van der Waals surface area contributed by atoms with Crippen LogP contribution in [0.3, 0.4) is 0 Å². The van der Waals surface area contributed by atoms with Gasteiger partial charge in [-0.2, -0.15) is 0 Å². The molecule has 0 aromatic carbocycles.